The van der Waals surface area contributed by atoms with Crippen LogP contribution in [0.25, 0.3) is 0 Å². The maximum Gasteiger partial charge on any atom is 0.312 e. The molecule has 102 valence electrons. The molecule has 0 saturated carbocycles. The normalized spacial score (nSPS) is 9.48. The van der Waals surface area contributed by atoms with Crippen LogP contribution in [0.2, 0.25) is 0 Å². The van der Waals surface area contributed by atoms with E-state index in [2.05, 4.69) is 0 Å². The minimum atomic E-state index is -0.627. The van der Waals surface area contributed by atoms with Gasteiger partial charge in [0.05, 0.1) is 22.1 Å². The van der Waals surface area contributed by atoms with Gasteiger partial charge in [0.1, 0.15) is 11.8 Å². The molecule has 0 bridgehead atoms. The summed E-state index contributed by atoms with van der Waals surface area (Å²) < 4.78 is 5.50. The molecule has 0 N–H and O–H groups in total. The summed E-state index contributed by atoms with van der Waals surface area (Å²) in [6.07, 6.45) is 0. The summed E-state index contributed by atoms with van der Waals surface area (Å²) in [5, 5.41) is 28.9. The maximum absolute atomic E-state index is 11.1. The summed E-state index contributed by atoms with van der Waals surface area (Å²) in [5.74, 6) is 0.228. The quantitative estimate of drug-likeness (QED) is 0.632. The van der Waals surface area contributed by atoms with Crippen LogP contribution in [0, 0.1) is 39.7 Å². The average Bonchev–Trinajstić information content (AvgIpc) is 2.47. The van der Waals surface area contributed by atoms with E-state index in [0.717, 1.165) is 11.6 Å². The fourth-order valence-corrected chi connectivity index (χ4v) is 1.74. The van der Waals surface area contributed by atoms with E-state index >= 15 is 0 Å². The smallest absolute Gasteiger partial charge is 0.312 e. The van der Waals surface area contributed by atoms with Gasteiger partial charge in [0.2, 0.25) is 5.75 Å². The van der Waals surface area contributed by atoms with Crippen molar-refractivity contribution in [2.24, 2.45) is 0 Å². The third-order valence-electron chi connectivity index (χ3n) is 2.76. The second-order valence-electron chi connectivity index (χ2n) is 4.26. The van der Waals surface area contributed by atoms with Crippen molar-refractivity contribution in [3.63, 3.8) is 0 Å². The van der Waals surface area contributed by atoms with Gasteiger partial charge in [-0.2, -0.15) is 10.5 Å². The Labute approximate surface area is 120 Å². The monoisotopic (exact) mass is 279 g/mol. The van der Waals surface area contributed by atoms with Gasteiger partial charge in [-0.3, -0.25) is 10.1 Å². The number of nitrogens with zero attached hydrogens (tertiary/aromatic N) is 3. The van der Waals surface area contributed by atoms with Crippen LogP contribution in [-0.2, 0) is 0 Å². The maximum atomic E-state index is 11.1. The highest BCUT2D eigenvalue weighted by atomic mass is 16.6. The number of nitro groups is 1. The van der Waals surface area contributed by atoms with Crippen LogP contribution in [0.4, 0.5) is 5.69 Å². The zero-order chi connectivity index (χ0) is 15.4. The number of nitro benzene ring substituents is 1. The van der Waals surface area contributed by atoms with Crippen LogP contribution in [0.5, 0.6) is 11.5 Å². The molecule has 0 saturated heterocycles. The number of ether oxygens (including phenoxy) is 1. The zero-order valence-corrected chi connectivity index (χ0v) is 11.0. The van der Waals surface area contributed by atoms with Gasteiger partial charge in [-0.15, -0.1) is 0 Å². The Morgan fingerprint density at radius 2 is 1.86 bits per heavy atom. The molecule has 0 spiro atoms. The molecule has 6 nitrogen and oxygen atoms in total. The van der Waals surface area contributed by atoms with Gasteiger partial charge in [-0.05, 0) is 36.8 Å². The number of benzene rings is 2. The third-order valence-corrected chi connectivity index (χ3v) is 2.76. The summed E-state index contributed by atoms with van der Waals surface area (Å²) in [6.45, 7) is 1.82. The Morgan fingerprint density at radius 3 is 2.48 bits per heavy atom. The minimum absolute atomic E-state index is 0.0129. The van der Waals surface area contributed by atoms with Crippen LogP contribution in [0.3, 0.4) is 0 Å². The lowest BCUT2D eigenvalue weighted by Gasteiger charge is -2.08. The molecule has 0 aliphatic heterocycles. The summed E-state index contributed by atoms with van der Waals surface area (Å²) in [5.41, 5.74) is 0.984. The van der Waals surface area contributed by atoms with Crippen molar-refractivity contribution in [2.75, 3.05) is 0 Å². The van der Waals surface area contributed by atoms with E-state index < -0.39 is 4.92 Å². The van der Waals surface area contributed by atoms with Gasteiger partial charge in [0, 0.05) is 6.07 Å². The van der Waals surface area contributed by atoms with Crippen molar-refractivity contribution in [3.8, 4) is 23.6 Å². The Kier molecular flexibility index (Phi) is 3.83. The Bertz CT molecular complexity index is 801. The first-order valence-corrected chi connectivity index (χ1v) is 5.92. The van der Waals surface area contributed by atoms with Crippen LogP contribution < -0.4 is 4.74 Å². The van der Waals surface area contributed by atoms with Gasteiger partial charge >= 0.3 is 5.69 Å². The molecule has 0 aliphatic rings. The predicted molar refractivity (Wildman–Crippen MR) is 73.8 cm³/mol. The van der Waals surface area contributed by atoms with Gasteiger partial charge in [-0.25, -0.2) is 0 Å². The highest BCUT2D eigenvalue weighted by Crippen LogP contribution is 2.33. The van der Waals surface area contributed by atoms with Gasteiger partial charge in [0.25, 0.3) is 0 Å². The van der Waals surface area contributed by atoms with Gasteiger partial charge < -0.3 is 4.74 Å². The van der Waals surface area contributed by atoms with E-state index in [1.807, 2.05) is 19.1 Å². The summed E-state index contributed by atoms with van der Waals surface area (Å²) in [4.78, 5) is 10.4. The molecule has 0 heterocycles. The van der Waals surface area contributed by atoms with Crippen molar-refractivity contribution in [3.05, 3.63) is 63.2 Å². The van der Waals surface area contributed by atoms with E-state index in [4.69, 9.17) is 15.3 Å². The van der Waals surface area contributed by atoms with Crippen molar-refractivity contribution in [1.82, 2.24) is 0 Å². The number of hydrogen-bond donors (Lipinski definition) is 0. The van der Waals surface area contributed by atoms with E-state index in [0.29, 0.717) is 0 Å². The summed E-state index contributed by atoms with van der Waals surface area (Å²) >= 11 is 0. The Balaban J connectivity index is 2.50. The number of nitriles is 2. The molecule has 0 amide bonds. The number of rotatable bonds is 3. The third kappa shape index (κ3) is 2.96. The lowest BCUT2D eigenvalue weighted by atomic mass is 10.1. The lowest BCUT2D eigenvalue weighted by Crippen LogP contribution is -1.96. The zero-order valence-electron chi connectivity index (χ0n) is 11.0. The summed E-state index contributed by atoms with van der Waals surface area (Å²) in [6, 6.07) is 12.7. The molecule has 0 atom stereocenters. The van der Waals surface area contributed by atoms with Gasteiger partial charge in [0.15, 0.2) is 0 Å². The largest absolute Gasteiger partial charge is 0.449 e. The second-order valence-corrected chi connectivity index (χ2v) is 4.26. The fourth-order valence-electron chi connectivity index (χ4n) is 1.74. The molecule has 2 rings (SSSR count). The molecule has 0 unspecified atom stereocenters. The first kappa shape index (κ1) is 14.0. The standard InChI is InChI=1S/C15H9N3O3/c1-10-2-4-12(9-17)15(6-10)21-14-5-3-11(8-16)7-13(14)18(19)20/h2-7H,1H3. The molecular formula is C15H9N3O3. The van der Waals surface area contributed by atoms with Crippen molar-refractivity contribution in [2.45, 2.75) is 6.92 Å². The van der Waals surface area contributed by atoms with Crippen molar-refractivity contribution < 1.29 is 9.66 Å². The average molecular weight is 279 g/mol. The molecule has 0 aromatic heterocycles. The molecular weight excluding hydrogens is 270 g/mol. The summed E-state index contributed by atoms with van der Waals surface area (Å²) in [7, 11) is 0. The van der Waals surface area contributed by atoms with E-state index in [-0.39, 0.29) is 28.3 Å². The highest BCUT2D eigenvalue weighted by molar-refractivity contribution is 5.55. The van der Waals surface area contributed by atoms with Crippen molar-refractivity contribution >= 4 is 5.69 Å². The van der Waals surface area contributed by atoms with E-state index in [1.165, 1.54) is 12.1 Å². The van der Waals surface area contributed by atoms with Gasteiger partial charge in [-0.1, -0.05) is 6.07 Å². The van der Waals surface area contributed by atoms with Crippen LogP contribution in [0.1, 0.15) is 16.7 Å². The topological polar surface area (TPSA) is 99.9 Å². The number of hydrogen-bond acceptors (Lipinski definition) is 5. The molecule has 0 aliphatic carbocycles. The number of aryl methyl sites for hydroxylation is 1. The molecule has 2 aromatic carbocycles. The molecule has 21 heavy (non-hydrogen) atoms. The predicted octanol–water partition coefficient (Wildman–Crippen LogP) is 3.44. The first-order valence-electron chi connectivity index (χ1n) is 5.92. The Hall–Kier alpha value is -3.38. The molecule has 0 fully saturated rings. The first-order chi connectivity index (χ1) is 10.0. The molecule has 6 heteroatoms. The van der Waals surface area contributed by atoms with E-state index in [9.17, 15) is 10.1 Å². The van der Waals surface area contributed by atoms with Crippen LogP contribution >= 0.6 is 0 Å². The SMILES string of the molecule is Cc1ccc(C#N)c(Oc2ccc(C#N)cc2[N+](=O)[O-])c1. The molecule has 0 radical (unpaired) electrons. The minimum Gasteiger partial charge on any atom is -0.449 e. The fraction of sp³-hybridized carbons (Fsp3) is 0.0667. The van der Waals surface area contributed by atoms with E-state index in [1.54, 1.807) is 18.2 Å². The second kappa shape index (κ2) is 5.72. The van der Waals surface area contributed by atoms with Crippen LogP contribution in [0.15, 0.2) is 36.4 Å². The lowest BCUT2D eigenvalue weighted by molar-refractivity contribution is -0.385. The highest BCUT2D eigenvalue weighted by Gasteiger charge is 2.18. The Morgan fingerprint density at radius 1 is 1.10 bits per heavy atom. The van der Waals surface area contributed by atoms with Crippen molar-refractivity contribution in [1.29, 1.82) is 10.5 Å². The molecule has 2 aromatic rings. The van der Waals surface area contributed by atoms with Crippen LogP contribution in [-0.4, -0.2) is 4.92 Å².